The molecular weight excluding hydrogens is 258 g/mol. The van der Waals surface area contributed by atoms with Gasteiger partial charge in [0.05, 0.1) is 5.69 Å². The molecule has 0 aliphatic heterocycles. The Balaban J connectivity index is 1.95. The van der Waals surface area contributed by atoms with Crippen molar-refractivity contribution in [1.29, 1.82) is 0 Å². The highest BCUT2D eigenvalue weighted by Crippen LogP contribution is 2.17. The zero-order valence-electron chi connectivity index (χ0n) is 11.3. The van der Waals surface area contributed by atoms with Gasteiger partial charge in [0.2, 0.25) is 0 Å². The van der Waals surface area contributed by atoms with Crippen LogP contribution in [-0.2, 0) is 0 Å². The largest absolute Gasteiger partial charge is 0.476 e. The molecule has 0 spiro atoms. The third kappa shape index (κ3) is 3.94. The Morgan fingerprint density at radius 2 is 1.90 bits per heavy atom. The minimum Gasteiger partial charge on any atom is -0.476 e. The minimum atomic E-state index is -1.16. The van der Waals surface area contributed by atoms with Crippen molar-refractivity contribution in [2.24, 2.45) is 0 Å². The Morgan fingerprint density at radius 3 is 2.55 bits per heavy atom. The number of anilines is 1. The van der Waals surface area contributed by atoms with Gasteiger partial charge in [0.25, 0.3) is 0 Å². The fourth-order valence-corrected chi connectivity index (χ4v) is 2.44. The van der Waals surface area contributed by atoms with E-state index in [4.69, 9.17) is 5.11 Å². The second-order valence-electron chi connectivity index (χ2n) is 4.99. The Morgan fingerprint density at radius 1 is 1.20 bits per heavy atom. The van der Waals surface area contributed by atoms with Crippen LogP contribution in [0, 0.1) is 0 Å². The summed E-state index contributed by atoms with van der Waals surface area (Å²) in [6.45, 7) is 0. The van der Waals surface area contributed by atoms with Gasteiger partial charge in [-0.25, -0.2) is 14.6 Å². The Kier molecular flexibility index (Phi) is 4.92. The van der Waals surface area contributed by atoms with Gasteiger partial charge in [-0.2, -0.15) is 0 Å². The number of carbonyl (C=O) groups is 2. The van der Waals surface area contributed by atoms with Crippen LogP contribution in [0.4, 0.5) is 10.5 Å². The Labute approximate surface area is 117 Å². The van der Waals surface area contributed by atoms with E-state index in [1.165, 1.54) is 25.1 Å². The molecule has 1 saturated carbocycles. The first-order valence-electron chi connectivity index (χ1n) is 6.92. The van der Waals surface area contributed by atoms with Gasteiger partial charge in [0, 0.05) is 12.2 Å². The van der Waals surface area contributed by atoms with Crippen LogP contribution < -0.4 is 10.6 Å². The van der Waals surface area contributed by atoms with Gasteiger partial charge >= 0.3 is 12.0 Å². The van der Waals surface area contributed by atoms with Crippen LogP contribution >= 0.6 is 0 Å². The number of hydrogen-bond donors (Lipinski definition) is 3. The lowest BCUT2D eigenvalue weighted by Gasteiger charge is -2.17. The van der Waals surface area contributed by atoms with Crippen molar-refractivity contribution in [2.75, 3.05) is 5.32 Å². The number of amides is 2. The number of carboxylic acids is 1. The van der Waals surface area contributed by atoms with Gasteiger partial charge < -0.3 is 15.7 Å². The molecule has 0 atom stereocenters. The van der Waals surface area contributed by atoms with Crippen LogP contribution in [0.1, 0.15) is 49.0 Å². The first-order valence-corrected chi connectivity index (χ1v) is 6.92. The predicted octanol–water partition coefficient (Wildman–Crippen LogP) is 2.62. The molecule has 0 radical (unpaired) electrons. The van der Waals surface area contributed by atoms with Crippen LogP contribution in [-0.4, -0.2) is 28.1 Å². The van der Waals surface area contributed by atoms with Crippen LogP contribution in [0.5, 0.6) is 0 Å². The van der Waals surface area contributed by atoms with Crippen LogP contribution in [0.15, 0.2) is 18.3 Å². The zero-order chi connectivity index (χ0) is 14.4. The normalized spacial score (nSPS) is 16.2. The summed E-state index contributed by atoms with van der Waals surface area (Å²) in [4.78, 5) is 26.7. The summed E-state index contributed by atoms with van der Waals surface area (Å²) in [5.74, 6) is -1.16. The summed E-state index contributed by atoms with van der Waals surface area (Å²) >= 11 is 0. The molecule has 1 aromatic heterocycles. The van der Waals surface area contributed by atoms with E-state index >= 15 is 0 Å². The smallest absolute Gasteiger partial charge is 0.356 e. The first kappa shape index (κ1) is 14.3. The third-order valence-electron chi connectivity index (χ3n) is 3.45. The number of aromatic carboxylic acids is 1. The maximum absolute atomic E-state index is 11.9. The molecule has 108 valence electrons. The van der Waals surface area contributed by atoms with E-state index in [1.54, 1.807) is 6.07 Å². The molecule has 6 nitrogen and oxygen atoms in total. The molecule has 20 heavy (non-hydrogen) atoms. The van der Waals surface area contributed by atoms with Crippen molar-refractivity contribution in [3.05, 3.63) is 24.0 Å². The maximum atomic E-state index is 11.9. The van der Waals surface area contributed by atoms with E-state index in [2.05, 4.69) is 15.6 Å². The molecule has 1 fully saturated rings. The molecule has 0 unspecified atom stereocenters. The average molecular weight is 277 g/mol. The molecule has 2 amide bonds. The molecule has 0 aromatic carbocycles. The number of nitrogens with one attached hydrogen (secondary N) is 2. The number of hydrogen-bond acceptors (Lipinski definition) is 3. The fourth-order valence-electron chi connectivity index (χ4n) is 2.44. The van der Waals surface area contributed by atoms with Gasteiger partial charge in [-0.1, -0.05) is 25.7 Å². The van der Waals surface area contributed by atoms with E-state index in [-0.39, 0.29) is 23.5 Å². The molecule has 3 N–H and O–H groups in total. The Bertz CT molecular complexity index is 482. The van der Waals surface area contributed by atoms with Crippen LogP contribution in [0.25, 0.3) is 0 Å². The molecule has 1 aromatic rings. The molecule has 1 aliphatic carbocycles. The zero-order valence-corrected chi connectivity index (χ0v) is 11.3. The topological polar surface area (TPSA) is 91.3 Å². The van der Waals surface area contributed by atoms with Gasteiger partial charge in [-0.3, -0.25) is 0 Å². The number of urea groups is 1. The first-order chi connectivity index (χ1) is 9.66. The summed E-state index contributed by atoms with van der Waals surface area (Å²) < 4.78 is 0. The monoisotopic (exact) mass is 277 g/mol. The van der Waals surface area contributed by atoms with Gasteiger partial charge in [-0.15, -0.1) is 0 Å². The predicted molar refractivity (Wildman–Crippen MR) is 74.8 cm³/mol. The lowest BCUT2D eigenvalue weighted by Crippen LogP contribution is -2.38. The highest BCUT2D eigenvalue weighted by Gasteiger charge is 2.17. The SMILES string of the molecule is O=C(Nc1cccnc1C(=O)O)NC1CCCCCC1. The van der Waals surface area contributed by atoms with Gasteiger partial charge in [0.1, 0.15) is 0 Å². The van der Waals surface area contributed by atoms with Crippen molar-refractivity contribution < 1.29 is 14.7 Å². The number of carboxylic acid groups (broad SMARTS) is 1. The standard InChI is InChI=1S/C14H19N3O3/c18-13(19)12-11(8-5-9-15-12)17-14(20)16-10-6-3-1-2-4-7-10/h5,8-10H,1-4,6-7H2,(H,18,19)(H2,16,17,20). The highest BCUT2D eigenvalue weighted by atomic mass is 16.4. The number of aromatic nitrogens is 1. The van der Waals surface area contributed by atoms with Crippen molar-refractivity contribution in [3.63, 3.8) is 0 Å². The summed E-state index contributed by atoms with van der Waals surface area (Å²) in [6, 6.07) is 2.92. The average Bonchev–Trinajstić information content (AvgIpc) is 2.67. The number of rotatable bonds is 3. The Hall–Kier alpha value is -2.11. The molecule has 1 aliphatic rings. The highest BCUT2D eigenvalue weighted by molar-refractivity contribution is 5.98. The van der Waals surface area contributed by atoms with E-state index in [0.29, 0.717) is 0 Å². The lowest BCUT2D eigenvalue weighted by molar-refractivity contribution is 0.0692. The minimum absolute atomic E-state index is 0.150. The lowest BCUT2D eigenvalue weighted by atomic mass is 10.1. The summed E-state index contributed by atoms with van der Waals surface area (Å²) in [5.41, 5.74) is 0.0645. The quantitative estimate of drug-likeness (QED) is 0.741. The molecule has 1 heterocycles. The van der Waals surface area contributed by atoms with E-state index in [0.717, 1.165) is 25.7 Å². The summed E-state index contributed by atoms with van der Waals surface area (Å²) in [7, 11) is 0. The van der Waals surface area contributed by atoms with Crippen molar-refractivity contribution in [3.8, 4) is 0 Å². The van der Waals surface area contributed by atoms with E-state index < -0.39 is 5.97 Å². The number of nitrogens with zero attached hydrogens (tertiary/aromatic N) is 1. The van der Waals surface area contributed by atoms with E-state index in [1.807, 2.05) is 0 Å². The maximum Gasteiger partial charge on any atom is 0.356 e. The van der Waals surface area contributed by atoms with Crippen LogP contribution in [0.2, 0.25) is 0 Å². The summed E-state index contributed by atoms with van der Waals surface area (Å²) in [6.07, 6.45) is 8.02. The number of pyridine rings is 1. The number of carbonyl (C=O) groups excluding carboxylic acids is 1. The molecule has 0 saturated heterocycles. The second kappa shape index (κ2) is 6.88. The second-order valence-corrected chi connectivity index (χ2v) is 4.99. The molecule has 2 rings (SSSR count). The molecular formula is C14H19N3O3. The van der Waals surface area contributed by atoms with Crippen molar-refractivity contribution >= 4 is 17.7 Å². The summed E-state index contributed by atoms with van der Waals surface area (Å²) in [5, 5.41) is 14.5. The van der Waals surface area contributed by atoms with Gasteiger partial charge in [-0.05, 0) is 25.0 Å². The van der Waals surface area contributed by atoms with Gasteiger partial charge in [0.15, 0.2) is 5.69 Å². The van der Waals surface area contributed by atoms with E-state index in [9.17, 15) is 9.59 Å². The molecule has 0 bridgehead atoms. The third-order valence-corrected chi connectivity index (χ3v) is 3.45. The van der Waals surface area contributed by atoms with Crippen LogP contribution in [0.3, 0.4) is 0 Å². The molecule has 6 heteroatoms. The fraction of sp³-hybridized carbons (Fsp3) is 0.500. The van der Waals surface area contributed by atoms with Crippen molar-refractivity contribution in [2.45, 2.75) is 44.6 Å². The van der Waals surface area contributed by atoms with Crippen molar-refractivity contribution in [1.82, 2.24) is 10.3 Å².